The lowest BCUT2D eigenvalue weighted by Gasteiger charge is -2.09. The molecule has 0 bridgehead atoms. The van der Waals surface area contributed by atoms with Gasteiger partial charge in [-0.25, -0.2) is 0 Å². The van der Waals surface area contributed by atoms with Gasteiger partial charge in [-0.05, 0) is 24.6 Å². The van der Waals surface area contributed by atoms with E-state index in [1.807, 2.05) is 13.0 Å². The summed E-state index contributed by atoms with van der Waals surface area (Å²) in [5.41, 5.74) is 1.89. The molecule has 0 N–H and O–H groups in total. The number of allylic oxidation sites excluding steroid dienone is 1. The summed E-state index contributed by atoms with van der Waals surface area (Å²) < 4.78 is 10.1. The summed E-state index contributed by atoms with van der Waals surface area (Å²) in [7, 11) is 1.53. The van der Waals surface area contributed by atoms with Crippen LogP contribution in [0.2, 0.25) is 0 Å². The van der Waals surface area contributed by atoms with Crippen LogP contribution in [0.1, 0.15) is 19.4 Å². The quantitative estimate of drug-likeness (QED) is 0.563. The van der Waals surface area contributed by atoms with Crippen LogP contribution < -0.4 is 9.47 Å². The maximum absolute atomic E-state index is 10.8. The first-order chi connectivity index (χ1) is 7.04. The molecule has 0 radical (unpaired) electrons. The van der Waals surface area contributed by atoms with E-state index in [0.717, 1.165) is 11.1 Å². The fraction of sp³-hybridized carbons (Fsp3) is 0.250. The van der Waals surface area contributed by atoms with Crippen molar-refractivity contribution >= 4 is 11.5 Å². The summed E-state index contributed by atoms with van der Waals surface area (Å²) in [6.45, 7) is 7.08. The lowest BCUT2D eigenvalue weighted by Crippen LogP contribution is -2.03. The van der Waals surface area contributed by atoms with Gasteiger partial charge in [-0.1, -0.05) is 18.2 Å². The van der Waals surface area contributed by atoms with Crippen molar-refractivity contribution in [2.45, 2.75) is 13.8 Å². The summed E-state index contributed by atoms with van der Waals surface area (Å²) in [5.74, 6) is 0.595. The van der Waals surface area contributed by atoms with Crippen LogP contribution in [0.3, 0.4) is 0 Å². The monoisotopic (exact) mass is 206 g/mol. The molecule has 0 aliphatic rings. The standard InChI is InChI=1S/C12H14O3/c1-8(2)10-5-6-11(15-9(3)13)12(7-10)14-4/h5-7H,1H2,2-4H3. The highest BCUT2D eigenvalue weighted by molar-refractivity contribution is 5.71. The number of benzene rings is 1. The molecule has 0 aliphatic heterocycles. The van der Waals surface area contributed by atoms with E-state index in [4.69, 9.17) is 9.47 Å². The Balaban J connectivity index is 3.08. The van der Waals surface area contributed by atoms with Crippen molar-refractivity contribution in [1.82, 2.24) is 0 Å². The first kappa shape index (κ1) is 11.3. The Labute approximate surface area is 89.3 Å². The highest BCUT2D eigenvalue weighted by atomic mass is 16.6. The molecule has 0 heterocycles. The molecule has 80 valence electrons. The predicted octanol–water partition coefficient (Wildman–Crippen LogP) is 2.65. The van der Waals surface area contributed by atoms with Crippen LogP contribution in [0.25, 0.3) is 5.57 Å². The highest BCUT2D eigenvalue weighted by Crippen LogP contribution is 2.30. The van der Waals surface area contributed by atoms with Gasteiger partial charge in [0.25, 0.3) is 0 Å². The van der Waals surface area contributed by atoms with E-state index < -0.39 is 0 Å². The molecule has 0 amide bonds. The Kier molecular flexibility index (Phi) is 3.50. The topological polar surface area (TPSA) is 35.5 Å². The molecular formula is C12H14O3. The van der Waals surface area contributed by atoms with Gasteiger partial charge in [0.05, 0.1) is 7.11 Å². The second-order valence-electron chi connectivity index (χ2n) is 3.24. The Morgan fingerprint density at radius 1 is 1.27 bits per heavy atom. The zero-order valence-corrected chi connectivity index (χ0v) is 9.16. The molecule has 3 nitrogen and oxygen atoms in total. The van der Waals surface area contributed by atoms with Crippen LogP contribution in [0.4, 0.5) is 0 Å². The predicted molar refractivity (Wildman–Crippen MR) is 59.0 cm³/mol. The van der Waals surface area contributed by atoms with E-state index in [-0.39, 0.29) is 5.97 Å². The largest absolute Gasteiger partial charge is 0.493 e. The van der Waals surface area contributed by atoms with Gasteiger partial charge in [0.15, 0.2) is 11.5 Å². The lowest BCUT2D eigenvalue weighted by molar-refractivity contribution is -0.132. The van der Waals surface area contributed by atoms with E-state index in [1.54, 1.807) is 12.1 Å². The van der Waals surface area contributed by atoms with E-state index in [1.165, 1.54) is 14.0 Å². The Hall–Kier alpha value is -1.77. The molecule has 1 aromatic rings. The zero-order chi connectivity index (χ0) is 11.4. The minimum absolute atomic E-state index is 0.364. The van der Waals surface area contributed by atoms with Gasteiger partial charge in [-0.3, -0.25) is 4.79 Å². The van der Waals surface area contributed by atoms with Crippen molar-refractivity contribution < 1.29 is 14.3 Å². The average molecular weight is 206 g/mol. The summed E-state index contributed by atoms with van der Waals surface area (Å²) >= 11 is 0. The summed E-state index contributed by atoms with van der Waals surface area (Å²) in [5, 5.41) is 0. The van der Waals surface area contributed by atoms with Crippen molar-refractivity contribution in [3.05, 3.63) is 30.3 Å². The van der Waals surface area contributed by atoms with E-state index in [2.05, 4.69) is 6.58 Å². The fourth-order valence-electron chi connectivity index (χ4n) is 1.17. The molecule has 0 aromatic heterocycles. The molecule has 15 heavy (non-hydrogen) atoms. The summed E-state index contributed by atoms with van der Waals surface area (Å²) in [6.07, 6.45) is 0. The van der Waals surface area contributed by atoms with E-state index >= 15 is 0 Å². The molecule has 0 aliphatic carbocycles. The van der Waals surface area contributed by atoms with Crippen molar-refractivity contribution in [3.8, 4) is 11.5 Å². The van der Waals surface area contributed by atoms with Crippen LogP contribution in [-0.2, 0) is 4.79 Å². The third-order valence-corrected chi connectivity index (χ3v) is 1.91. The summed E-state index contributed by atoms with van der Waals surface area (Å²) in [4.78, 5) is 10.8. The zero-order valence-electron chi connectivity index (χ0n) is 9.16. The maximum atomic E-state index is 10.8. The average Bonchev–Trinajstić information content (AvgIpc) is 2.17. The number of carbonyl (C=O) groups excluding carboxylic acids is 1. The Morgan fingerprint density at radius 2 is 1.93 bits per heavy atom. The number of methoxy groups -OCH3 is 1. The highest BCUT2D eigenvalue weighted by Gasteiger charge is 2.07. The normalized spacial score (nSPS) is 9.53. The lowest BCUT2D eigenvalue weighted by atomic mass is 10.1. The van der Waals surface area contributed by atoms with E-state index in [9.17, 15) is 4.79 Å². The van der Waals surface area contributed by atoms with Crippen LogP contribution in [0.5, 0.6) is 11.5 Å². The van der Waals surface area contributed by atoms with Gasteiger partial charge < -0.3 is 9.47 Å². The third-order valence-electron chi connectivity index (χ3n) is 1.91. The van der Waals surface area contributed by atoms with Gasteiger partial charge in [-0.2, -0.15) is 0 Å². The second-order valence-corrected chi connectivity index (χ2v) is 3.24. The minimum Gasteiger partial charge on any atom is -0.493 e. The molecule has 0 atom stereocenters. The van der Waals surface area contributed by atoms with Crippen LogP contribution in [0.15, 0.2) is 24.8 Å². The number of rotatable bonds is 3. The van der Waals surface area contributed by atoms with Crippen LogP contribution >= 0.6 is 0 Å². The van der Waals surface area contributed by atoms with Crippen molar-refractivity contribution in [2.24, 2.45) is 0 Å². The van der Waals surface area contributed by atoms with E-state index in [0.29, 0.717) is 11.5 Å². The molecule has 1 aromatic carbocycles. The number of esters is 1. The molecular weight excluding hydrogens is 192 g/mol. The number of ether oxygens (including phenoxy) is 2. The van der Waals surface area contributed by atoms with Crippen LogP contribution in [-0.4, -0.2) is 13.1 Å². The van der Waals surface area contributed by atoms with Gasteiger partial charge in [0, 0.05) is 6.92 Å². The Bertz CT molecular complexity index is 394. The molecule has 0 unspecified atom stereocenters. The molecule has 1 rings (SSSR count). The first-order valence-electron chi connectivity index (χ1n) is 4.57. The number of hydrogen-bond acceptors (Lipinski definition) is 3. The van der Waals surface area contributed by atoms with Gasteiger partial charge in [0.1, 0.15) is 0 Å². The number of carbonyl (C=O) groups is 1. The smallest absolute Gasteiger partial charge is 0.308 e. The number of hydrogen-bond donors (Lipinski definition) is 0. The third kappa shape index (κ3) is 2.84. The molecule has 0 saturated carbocycles. The van der Waals surface area contributed by atoms with Gasteiger partial charge >= 0.3 is 5.97 Å². The second kappa shape index (κ2) is 4.64. The minimum atomic E-state index is -0.364. The van der Waals surface area contributed by atoms with Crippen LogP contribution in [0, 0.1) is 0 Å². The fourth-order valence-corrected chi connectivity index (χ4v) is 1.17. The SMILES string of the molecule is C=C(C)c1ccc(OC(C)=O)c(OC)c1. The van der Waals surface area contributed by atoms with Gasteiger partial charge in [0.2, 0.25) is 0 Å². The molecule has 0 spiro atoms. The van der Waals surface area contributed by atoms with Crippen molar-refractivity contribution in [3.63, 3.8) is 0 Å². The molecule has 3 heteroatoms. The maximum Gasteiger partial charge on any atom is 0.308 e. The van der Waals surface area contributed by atoms with Crippen molar-refractivity contribution in [2.75, 3.05) is 7.11 Å². The molecule has 0 fully saturated rings. The van der Waals surface area contributed by atoms with Gasteiger partial charge in [-0.15, -0.1) is 0 Å². The first-order valence-corrected chi connectivity index (χ1v) is 4.57. The van der Waals surface area contributed by atoms with Crippen molar-refractivity contribution in [1.29, 1.82) is 0 Å². The Morgan fingerprint density at radius 3 is 2.40 bits per heavy atom. The summed E-state index contributed by atoms with van der Waals surface area (Å²) in [6, 6.07) is 5.33. The molecule has 0 saturated heterocycles.